The van der Waals surface area contributed by atoms with E-state index in [1.54, 1.807) is 0 Å². The molecule has 1 N–H and O–H groups in total. The van der Waals surface area contributed by atoms with Gasteiger partial charge in [-0.25, -0.2) is 9.18 Å². The number of halogens is 1. The fraction of sp³-hybridized carbons (Fsp3) is 0.111. The van der Waals surface area contributed by atoms with E-state index in [0.29, 0.717) is 0 Å². The number of alkyl halides is 1. The number of rotatable bonds is 3. The maximum atomic E-state index is 12.9. The Labute approximate surface area is 74.5 Å². The molecule has 68 valence electrons. The second-order valence-corrected chi connectivity index (χ2v) is 2.41. The Morgan fingerprint density at radius 1 is 1.69 bits per heavy atom. The maximum absolute atomic E-state index is 12.9. The molecule has 0 bridgehead atoms. The number of nitrogens with zero attached hydrogens (tertiary/aromatic N) is 1. The monoisotopic (exact) mass is 181 g/mol. The smallest absolute Gasteiger partial charge is 0.337 e. The van der Waals surface area contributed by atoms with Crippen LogP contribution >= 0.6 is 0 Å². The fourth-order valence-electron chi connectivity index (χ4n) is 0.816. The van der Waals surface area contributed by atoms with Crippen molar-refractivity contribution in [2.45, 2.75) is 6.17 Å². The maximum Gasteiger partial charge on any atom is 0.337 e. The molecule has 1 unspecified atom stereocenters. The van der Waals surface area contributed by atoms with Gasteiger partial charge in [-0.3, -0.25) is 4.98 Å². The average Bonchev–Trinajstić information content (AvgIpc) is 2.17. The van der Waals surface area contributed by atoms with Crippen LogP contribution in [0.3, 0.4) is 0 Å². The van der Waals surface area contributed by atoms with E-state index in [9.17, 15) is 9.18 Å². The van der Waals surface area contributed by atoms with Gasteiger partial charge in [-0.2, -0.15) is 0 Å². The molecule has 0 radical (unpaired) electrons. The van der Waals surface area contributed by atoms with Crippen LogP contribution in [0.4, 0.5) is 4.39 Å². The zero-order valence-corrected chi connectivity index (χ0v) is 6.77. The van der Waals surface area contributed by atoms with Gasteiger partial charge in [-0.15, -0.1) is 0 Å². The van der Waals surface area contributed by atoms with Crippen LogP contribution in [0.25, 0.3) is 0 Å². The summed E-state index contributed by atoms with van der Waals surface area (Å²) in [5.74, 6) is -1.08. The van der Waals surface area contributed by atoms with Crippen molar-refractivity contribution in [1.29, 1.82) is 0 Å². The van der Waals surface area contributed by atoms with E-state index in [1.165, 1.54) is 12.1 Å². The minimum atomic E-state index is -1.34. The summed E-state index contributed by atoms with van der Waals surface area (Å²) in [5.41, 5.74) is 0.208. The van der Waals surface area contributed by atoms with Gasteiger partial charge in [-0.1, -0.05) is 12.7 Å². The van der Waals surface area contributed by atoms with E-state index in [0.717, 1.165) is 12.3 Å². The third kappa shape index (κ3) is 2.11. The van der Waals surface area contributed by atoms with Gasteiger partial charge in [-0.05, 0) is 12.1 Å². The number of hydrogen-bond donors (Lipinski definition) is 1. The molecule has 3 nitrogen and oxygen atoms in total. The van der Waals surface area contributed by atoms with Gasteiger partial charge in [0.1, 0.15) is 0 Å². The molecule has 1 aromatic rings. The van der Waals surface area contributed by atoms with Gasteiger partial charge in [0.05, 0.1) is 11.3 Å². The summed E-state index contributed by atoms with van der Waals surface area (Å²) in [6.07, 6.45) is 0.874. The largest absolute Gasteiger partial charge is 0.478 e. The summed E-state index contributed by atoms with van der Waals surface area (Å²) in [6, 6.07) is 2.64. The molecule has 0 spiro atoms. The van der Waals surface area contributed by atoms with Crippen molar-refractivity contribution >= 4 is 5.97 Å². The number of carboxylic acids is 1. The average molecular weight is 181 g/mol. The molecule has 0 aromatic carbocycles. The highest BCUT2D eigenvalue weighted by atomic mass is 19.1. The minimum Gasteiger partial charge on any atom is -0.478 e. The SMILES string of the molecule is C=CC(F)c1ccc(C(=O)O)cn1. The van der Waals surface area contributed by atoms with Crippen LogP contribution in [0.15, 0.2) is 31.0 Å². The molecule has 0 fully saturated rings. The summed E-state index contributed by atoms with van der Waals surface area (Å²) < 4.78 is 12.9. The van der Waals surface area contributed by atoms with Crippen molar-refractivity contribution in [3.8, 4) is 0 Å². The highest BCUT2D eigenvalue weighted by Gasteiger charge is 2.08. The van der Waals surface area contributed by atoms with E-state index in [1.807, 2.05) is 0 Å². The van der Waals surface area contributed by atoms with Gasteiger partial charge >= 0.3 is 5.97 Å². The number of carbonyl (C=O) groups is 1. The Kier molecular flexibility index (Phi) is 2.74. The van der Waals surface area contributed by atoms with E-state index >= 15 is 0 Å². The number of pyridine rings is 1. The second kappa shape index (κ2) is 3.80. The normalized spacial score (nSPS) is 12.1. The first-order chi connectivity index (χ1) is 6.15. The number of aromatic nitrogens is 1. The quantitative estimate of drug-likeness (QED) is 0.725. The van der Waals surface area contributed by atoms with Crippen molar-refractivity contribution in [2.24, 2.45) is 0 Å². The van der Waals surface area contributed by atoms with Crippen molar-refractivity contribution in [3.05, 3.63) is 42.2 Å². The molecule has 0 saturated heterocycles. The van der Waals surface area contributed by atoms with E-state index in [4.69, 9.17) is 5.11 Å². The predicted molar refractivity (Wildman–Crippen MR) is 45.2 cm³/mol. The number of allylic oxidation sites excluding steroid dienone is 1. The lowest BCUT2D eigenvalue weighted by atomic mass is 10.2. The van der Waals surface area contributed by atoms with Crippen molar-refractivity contribution in [1.82, 2.24) is 4.98 Å². The first kappa shape index (κ1) is 9.38. The summed E-state index contributed by atoms with van der Waals surface area (Å²) in [4.78, 5) is 14.0. The number of aromatic carboxylic acids is 1. The van der Waals surface area contributed by atoms with Crippen LogP contribution in [0, 0.1) is 0 Å². The molecule has 0 aliphatic heterocycles. The molecular formula is C9H8FNO2. The van der Waals surface area contributed by atoms with Crippen LogP contribution in [-0.2, 0) is 0 Å². The molecule has 4 heteroatoms. The predicted octanol–water partition coefficient (Wildman–Crippen LogP) is 1.98. The van der Waals surface area contributed by atoms with E-state index in [-0.39, 0.29) is 11.3 Å². The third-order valence-corrected chi connectivity index (χ3v) is 1.52. The van der Waals surface area contributed by atoms with Crippen LogP contribution < -0.4 is 0 Å². The van der Waals surface area contributed by atoms with Gasteiger partial charge in [0.2, 0.25) is 0 Å². The molecule has 0 aliphatic carbocycles. The van der Waals surface area contributed by atoms with Crippen LogP contribution in [0.2, 0.25) is 0 Å². The van der Waals surface area contributed by atoms with Gasteiger partial charge in [0, 0.05) is 6.20 Å². The van der Waals surface area contributed by atoms with Crippen LogP contribution in [0.1, 0.15) is 22.2 Å². The molecule has 1 heterocycles. The fourth-order valence-corrected chi connectivity index (χ4v) is 0.816. The summed E-state index contributed by atoms with van der Waals surface area (Å²) in [5, 5.41) is 8.52. The van der Waals surface area contributed by atoms with Gasteiger partial charge < -0.3 is 5.11 Å². The van der Waals surface area contributed by atoms with Crippen molar-refractivity contribution in [3.63, 3.8) is 0 Å². The van der Waals surface area contributed by atoms with Crippen LogP contribution in [0.5, 0.6) is 0 Å². The summed E-state index contributed by atoms with van der Waals surface area (Å²) in [7, 11) is 0. The Hall–Kier alpha value is -1.71. The summed E-state index contributed by atoms with van der Waals surface area (Å²) >= 11 is 0. The topological polar surface area (TPSA) is 50.2 Å². The van der Waals surface area contributed by atoms with Crippen molar-refractivity contribution in [2.75, 3.05) is 0 Å². The minimum absolute atomic E-state index is 0.0417. The van der Waals surface area contributed by atoms with E-state index in [2.05, 4.69) is 11.6 Å². The third-order valence-electron chi connectivity index (χ3n) is 1.52. The highest BCUT2D eigenvalue weighted by molar-refractivity contribution is 5.87. The molecule has 1 rings (SSSR count). The van der Waals surface area contributed by atoms with Crippen molar-refractivity contribution < 1.29 is 14.3 Å². The Bertz CT molecular complexity index is 321. The molecule has 0 amide bonds. The zero-order chi connectivity index (χ0) is 9.84. The highest BCUT2D eigenvalue weighted by Crippen LogP contribution is 2.15. The lowest BCUT2D eigenvalue weighted by molar-refractivity contribution is 0.0696. The standard InChI is InChI=1S/C9H8FNO2/c1-2-7(10)8-4-3-6(5-11-8)9(12)13/h2-5,7H,1H2,(H,12,13). The second-order valence-electron chi connectivity index (χ2n) is 2.41. The lowest BCUT2D eigenvalue weighted by Crippen LogP contribution is -1.99. The molecule has 13 heavy (non-hydrogen) atoms. The lowest BCUT2D eigenvalue weighted by Gasteiger charge is -2.01. The molecular weight excluding hydrogens is 173 g/mol. The van der Waals surface area contributed by atoms with Gasteiger partial charge in [0.25, 0.3) is 0 Å². The molecule has 1 atom stereocenters. The van der Waals surface area contributed by atoms with Gasteiger partial charge in [0.15, 0.2) is 6.17 Å². The summed E-state index contributed by atoms with van der Waals surface area (Å²) in [6.45, 7) is 3.26. The molecule has 1 aromatic heterocycles. The Morgan fingerprint density at radius 3 is 2.77 bits per heavy atom. The Balaban J connectivity index is 2.93. The number of hydrogen-bond acceptors (Lipinski definition) is 2. The number of carboxylic acid groups (broad SMARTS) is 1. The molecule has 0 aliphatic rings. The zero-order valence-electron chi connectivity index (χ0n) is 6.77. The Morgan fingerprint density at radius 2 is 2.38 bits per heavy atom. The first-order valence-electron chi connectivity index (χ1n) is 3.61. The molecule has 0 saturated carbocycles. The van der Waals surface area contributed by atoms with Crippen LogP contribution in [-0.4, -0.2) is 16.1 Å². The van der Waals surface area contributed by atoms with E-state index < -0.39 is 12.1 Å². The first-order valence-corrected chi connectivity index (χ1v) is 3.61.